The number of carbonyl (C=O) groups is 1. The summed E-state index contributed by atoms with van der Waals surface area (Å²) in [5.74, 6) is 1.49. The van der Waals surface area contributed by atoms with Crippen LogP contribution in [0.15, 0.2) is 24.3 Å². The Bertz CT molecular complexity index is 598. The molecule has 1 unspecified atom stereocenters. The van der Waals surface area contributed by atoms with E-state index in [0.29, 0.717) is 12.3 Å². The summed E-state index contributed by atoms with van der Waals surface area (Å²) in [5, 5.41) is 1.03. The minimum Gasteiger partial charge on any atom is -0.496 e. The summed E-state index contributed by atoms with van der Waals surface area (Å²) in [6.45, 7) is 3.03. The number of methoxy groups -OCH3 is 1. The van der Waals surface area contributed by atoms with Gasteiger partial charge >= 0.3 is 0 Å². The topological polar surface area (TPSA) is 31.2 Å². The molecular weight excluding hydrogens is 214 g/mol. The van der Waals surface area contributed by atoms with Gasteiger partial charge in [0.2, 0.25) is 0 Å². The predicted molar refractivity (Wildman–Crippen MR) is 66.6 cm³/mol. The largest absolute Gasteiger partial charge is 0.496 e. The van der Waals surface area contributed by atoms with Crippen molar-refractivity contribution in [2.75, 3.05) is 7.11 Å². The quantitative estimate of drug-likeness (QED) is 0.753. The van der Waals surface area contributed by atoms with Gasteiger partial charge in [0.05, 0.1) is 18.3 Å². The van der Waals surface area contributed by atoms with Crippen LogP contribution >= 0.6 is 0 Å². The SMILES string of the molecule is COc1cccc2c1cc1n2CC(C)CC1=O. The highest BCUT2D eigenvalue weighted by atomic mass is 16.5. The van der Waals surface area contributed by atoms with E-state index in [1.807, 2.05) is 24.3 Å². The second kappa shape index (κ2) is 3.62. The van der Waals surface area contributed by atoms with Crippen molar-refractivity contribution in [2.45, 2.75) is 19.9 Å². The van der Waals surface area contributed by atoms with Crippen LogP contribution in [0.4, 0.5) is 0 Å². The summed E-state index contributed by atoms with van der Waals surface area (Å²) < 4.78 is 7.46. The van der Waals surface area contributed by atoms with Crippen LogP contribution in [0.2, 0.25) is 0 Å². The molecule has 0 N–H and O–H groups in total. The Hall–Kier alpha value is -1.77. The fourth-order valence-electron chi connectivity index (χ4n) is 2.66. The lowest BCUT2D eigenvalue weighted by Gasteiger charge is -2.20. The van der Waals surface area contributed by atoms with Crippen LogP contribution in [-0.2, 0) is 6.54 Å². The Morgan fingerprint density at radius 1 is 1.41 bits per heavy atom. The van der Waals surface area contributed by atoms with Crippen LogP contribution in [0, 0.1) is 5.92 Å². The van der Waals surface area contributed by atoms with Crippen molar-refractivity contribution in [1.82, 2.24) is 4.57 Å². The fraction of sp³-hybridized carbons (Fsp3) is 0.357. The number of ether oxygens (including phenoxy) is 1. The monoisotopic (exact) mass is 229 g/mol. The second-order valence-electron chi connectivity index (χ2n) is 4.77. The molecule has 0 bridgehead atoms. The maximum atomic E-state index is 12.0. The van der Waals surface area contributed by atoms with Gasteiger partial charge in [-0.05, 0) is 24.1 Å². The average Bonchev–Trinajstić information content (AvgIpc) is 2.68. The van der Waals surface area contributed by atoms with E-state index in [2.05, 4.69) is 11.5 Å². The summed E-state index contributed by atoms with van der Waals surface area (Å²) in [6, 6.07) is 7.91. The molecule has 3 heteroatoms. The van der Waals surface area contributed by atoms with E-state index in [0.717, 1.165) is 28.9 Å². The van der Waals surface area contributed by atoms with Gasteiger partial charge in [-0.15, -0.1) is 0 Å². The number of fused-ring (bicyclic) bond motifs is 3. The summed E-state index contributed by atoms with van der Waals surface area (Å²) in [6.07, 6.45) is 0.651. The zero-order chi connectivity index (χ0) is 12.0. The van der Waals surface area contributed by atoms with Crippen molar-refractivity contribution in [1.29, 1.82) is 0 Å². The van der Waals surface area contributed by atoms with Crippen molar-refractivity contribution in [3.8, 4) is 5.75 Å². The Labute approximate surface area is 100.0 Å². The van der Waals surface area contributed by atoms with Crippen molar-refractivity contribution < 1.29 is 9.53 Å². The molecule has 0 saturated carbocycles. The van der Waals surface area contributed by atoms with Crippen molar-refractivity contribution in [3.63, 3.8) is 0 Å². The molecule has 1 atom stereocenters. The van der Waals surface area contributed by atoms with Crippen molar-refractivity contribution >= 4 is 16.7 Å². The molecule has 3 nitrogen and oxygen atoms in total. The van der Waals surface area contributed by atoms with Gasteiger partial charge in [0.1, 0.15) is 5.75 Å². The minimum atomic E-state index is 0.238. The average molecular weight is 229 g/mol. The lowest BCUT2D eigenvalue weighted by atomic mass is 9.99. The summed E-state index contributed by atoms with van der Waals surface area (Å²) >= 11 is 0. The number of benzene rings is 1. The molecule has 0 spiro atoms. The van der Waals surface area contributed by atoms with E-state index in [-0.39, 0.29) is 5.78 Å². The maximum Gasteiger partial charge on any atom is 0.179 e. The molecule has 17 heavy (non-hydrogen) atoms. The highest BCUT2D eigenvalue weighted by Crippen LogP contribution is 2.32. The van der Waals surface area contributed by atoms with Crippen molar-refractivity contribution in [2.24, 2.45) is 5.92 Å². The molecule has 2 aromatic rings. The second-order valence-corrected chi connectivity index (χ2v) is 4.77. The standard InChI is InChI=1S/C14H15NO2/c1-9-6-13(16)12-7-10-11(15(12)8-9)4-3-5-14(10)17-2/h3-5,7,9H,6,8H2,1-2H3. The van der Waals surface area contributed by atoms with Gasteiger partial charge in [0, 0.05) is 18.4 Å². The fourth-order valence-corrected chi connectivity index (χ4v) is 2.66. The number of ketones is 1. The first-order valence-corrected chi connectivity index (χ1v) is 5.90. The van der Waals surface area contributed by atoms with Crippen LogP contribution in [0.25, 0.3) is 10.9 Å². The molecule has 1 aromatic heterocycles. The smallest absolute Gasteiger partial charge is 0.179 e. The number of hydrogen-bond donors (Lipinski definition) is 0. The maximum absolute atomic E-state index is 12.0. The number of Topliss-reactive ketones (excluding diaryl/α,β-unsaturated/α-hetero) is 1. The predicted octanol–water partition coefficient (Wildman–Crippen LogP) is 2.87. The van der Waals surface area contributed by atoms with Crippen LogP contribution in [0.5, 0.6) is 5.75 Å². The highest BCUT2D eigenvalue weighted by molar-refractivity contribution is 6.02. The molecule has 0 amide bonds. The molecule has 1 aromatic carbocycles. The molecule has 2 heterocycles. The number of aromatic nitrogens is 1. The highest BCUT2D eigenvalue weighted by Gasteiger charge is 2.24. The summed E-state index contributed by atoms with van der Waals surface area (Å²) in [4.78, 5) is 12.0. The van der Waals surface area contributed by atoms with Gasteiger partial charge < -0.3 is 9.30 Å². The Morgan fingerprint density at radius 3 is 3.00 bits per heavy atom. The summed E-state index contributed by atoms with van der Waals surface area (Å²) in [7, 11) is 1.66. The van der Waals surface area contributed by atoms with E-state index in [4.69, 9.17) is 4.74 Å². The van der Waals surface area contributed by atoms with Gasteiger partial charge in [-0.25, -0.2) is 0 Å². The van der Waals surface area contributed by atoms with E-state index in [1.165, 1.54) is 0 Å². The minimum absolute atomic E-state index is 0.238. The molecule has 3 rings (SSSR count). The Balaban J connectivity index is 2.31. The van der Waals surface area contributed by atoms with E-state index in [1.54, 1.807) is 7.11 Å². The molecule has 88 valence electrons. The number of carbonyl (C=O) groups excluding carboxylic acids is 1. The molecule has 0 saturated heterocycles. The van der Waals surface area contributed by atoms with Crippen LogP contribution in [-0.4, -0.2) is 17.5 Å². The normalized spacial score (nSPS) is 19.4. The van der Waals surface area contributed by atoms with Gasteiger partial charge in [-0.2, -0.15) is 0 Å². The zero-order valence-corrected chi connectivity index (χ0v) is 10.1. The lowest BCUT2D eigenvalue weighted by molar-refractivity contribution is 0.0930. The number of nitrogens with zero attached hydrogens (tertiary/aromatic N) is 1. The van der Waals surface area contributed by atoms with Gasteiger partial charge in [0.25, 0.3) is 0 Å². The first-order valence-electron chi connectivity index (χ1n) is 5.90. The third kappa shape index (κ3) is 1.46. The van der Waals surface area contributed by atoms with Crippen LogP contribution in [0.1, 0.15) is 23.8 Å². The van der Waals surface area contributed by atoms with Crippen LogP contribution in [0.3, 0.4) is 0 Å². The Kier molecular flexibility index (Phi) is 2.21. The first kappa shape index (κ1) is 10.4. The molecule has 0 aliphatic carbocycles. The zero-order valence-electron chi connectivity index (χ0n) is 10.1. The van der Waals surface area contributed by atoms with Crippen LogP contribution < -0.4 is 4.74 Å². The third-order valence-corrected chi connectivity index (χ3v) is 3.44. The van der Waals surface area contributed by atoms with Gasteiger partial charge in [0.15, 0.2) is 5.78 Å². The van der Waals surface area contributed by atoms with Crippen molar-refractivity contribution in [3.05, 3.63) is 30.0 Å². The third-order valence-electron chi connectivity index (χ3n) is 3.44. The number of rotatable bonds is 1. The lowest BCUT2D eigenvalue weighted by Crippen LogP contribution is -2.22. The first-order chi connectivity index (χ1) is 8.20. The van der Waals surface area contributed by atoms with E-state index >= 15 is 0 Å². The summed E-state index contributed by atoms with van der Waals surface area (Å²) in [5.41, 5.74) is 1.92. The molecule has 1 aliphatic rings. The molecule has 0 radical (unpaired) electrons. The molecule has 1 aliphatic heterocycles. The van der Waals surface area contributed by atoms with Gasteiger partial charge in [-0.3, -0.25) is 4.79 Å². The molecule has 0 fully saturated rings. The Morgan fingerprint density at radius 2 is 2.24 bits per heavy atom. The van der Waals surface area contributed by atoms with Gasteiger partial charge in [-0.1, -0.05) is 13.0 Å². The number of hydrogen-bond acceptors (Lipinski definition) is 2. The van der Waals surface area contributed by atoms with E-state index < -0.39 is 0 Å². The van der Waals surface area contributed by atoms with E-state index in [9.17, 15) is 4.79 Å². The molecular formula is C14H15NO2.